The van der Waals surface area contributed by atoms with Gasteiger partial charge in [-0.15, -0.1) is 11.3 Å². The molecule has 1 heterocycles. The fourth-order valence-electron chi connectivity index (χ4n) is 0.934. The second kappa shape index (κ2) is 4.10. The molecule has 0 aliphatic heterocycles. The lowest BCUT2D eigenvalue weighted by Crippen LogP contribution is -2.20. The van der Waals surface area contributed by atoms with Gasteiger partial charge in [0.1, 0.15) is 11.1 Å². The summed E-state index contributed by atoms with van der Waals surface area (Å²) >= 11 is 1.51. The van der Waals surface area contributed by atoms with Crippen molar-refractivity contribution in [2.45, 2.75) is 0 Å². The van der Waals surface area contributed by atoms with Gasteiger partial charge in [0.25, 0.3) is 0 Å². The summed E-state index contributed by atoms with van der Waals surface area (Å²) in [4.78, 5) is 1.88. The summed E-state index contributed by atoms with van der Waals surface area (Å²) in [7, 11) is 1.86. The van der Waals surface area contributed by atoms with Crippen molar-refractivity contribution in [3.63, 3.8) is 0 Å². The molecule has 0 aromatic carbocycles. The molecule has 0 saturated carbocycles. The van der Waals surface area contributed by atoms with Crippen LogP contribution in [0.5, 0.6) is 0 Å². The summed E-state index contributed by atoms with van der Waals surface area (Å²) in [5.41, 5.74) is 0.677. The van der Waals surface area contributed by atoms with Gasteiger partial charge in [0, 0.05) is 13.6 Å². The van der Waals surface area contributed by atoms with Gasteiger partial charge in [-0.2, -0.15) is 5.26 Å². The van der Waals surface area contributed by atoms with Gasteiger partial charge in [-0.3, -0.25) is 0 Å². The van der Waals surface area contributed by atoms with Crippen molar-refractivity contribution in [1.82, 2.24) is 0 Å². The van der Waals surface area contributed by atoms with Gasteiger partial charge in [0.05, 0.1) is 12.2 Å². The normalized spacial score (nSPS) is 9.42. The van der Waals surface area contributed by atoms with E-state index in [0.29, 0.717) is 12.1 Å². The van der Waals surface area contributed by atoms with Crippen molar-refractivity contribution < 1.29 is 5.11 Å². The number of aliphatic hydroxyl groups excluding tert-OH is 1. The second-order valence-corrected chi connectivity index (χ2v) is 3.29. The average Bonchev–Trinajstić information content (AvgIpc) is 2.51. The van der Waals surface area contributed by atoms with Crippen LogP contribution in [0, 0.1) is 11.3 Å². The minimum atomic E-state index is 0.110. The minimum Gasteiger partial charge on any atom is -0.395 e. The Balaban J connectivity index is 2.80. The van der Waals surface area contributed by atoms with Crippen LogP contribution < -0.4 is 4.90 Å². The molecule has 0 unspecified atom stereocenters. The number of aliphatic hydroxyl groups is 1. The predicted molar refractivity (Wildman–Crippen MR) is 49.4 cm³/mol. The first kappa shape index (κ1) is 9.04. The summed E-state index contributed by atoms with van der Waals surface area (Å²) in [6.07, 6.45) is 0. The van der Waals surface area contributed by atoms with Crippen molar-refractivity contribution in [1.29, 1.82) is 5.26 Å². The fraction of sp³-hybridized carbons (Fsp3) is 0.375. The summed E-state index contributed by atoms with van der Waals surface area (Å²) in [5.74, 6) is 0. The zero-order valence-corrected chi connectivity index (χ0v) is 7.64. The maximum absolute atomic E-state index is 8.69. The van der Waals surface area contributed by atoms with E-state index >= 15 is 0 Å². The van der Waals surface area contributed by atoms with Gasteiger partial charge in [-0.25, -0.2) is 0 Å². The molecule has 0 aliphatic carbocycles. The number of hydrogen-bond donors (Lipinski definition) is 1. The van der Waals surface area contributed by atoms with E-state index in [1.165, 1.54) is 11.3 Å². The number of likely N-dealkylation sites (N-methyl/N-ethyl adjacent to an activating group) is 1. The van der Waals surface area contributed by atoms with Crippen LogP contribution in [0.3, 0.4) is 0 Å². The van der Waals surface area contributed by atoms with Crippen LogP contribution in [-0.4, -0.2) is 25.3 Å². The standard InChI is InChI=1S/C8H10N2OS/c1-10(3-4-11)8-7(6-9)2-5-12-8/h2,5,11H,3-4H2,1H3. The number of thiophene rings is 1. The Morgan fingerprint density at radius 2 is 2.50 bits per heavy atom. The molecule has 0 spiro atoms. The molecule has 12 heavy (non-hydrogen) atoms. The van der Waals surface area contributed by atoms with E-state index in [4.69, 9.17) is 10.4 Å². The van der Waals surface area contributed by atoms with E-state index in [1.54, 1.807) is 6.07 Å². The van der Waals surface area contributed by atoms with E-state index in [-0.39, 0.29) is 6.61 Å². The number of anilines is 1. The molecule has 1 rings (SSSR count). The first-order valence-electron chi connectivity index (χ1n) is 3.59. The molecule has 0 radical (unpaired) electrons. The second-order valence-electron chi connectivity index (χ2n) is 2.40. The molecule has 64 valence electrons. The maximum atomic E-state index is 8.69. The third-order valence-electron chi connectivity index (χ3n) is 1.55. The third kappa shape index (κ3) is 1.76. The molecule has 4 heteroatoms. The highest BCUT2D eigenvalue weighted by Gasteiger charge is 2.07. The topological polar surface area (TPSA) is 47.3 Å². The van der Waals surface area contributed by atoms with Crippen molar-refractivity contribution >= 4 is 16.3 Å². The predicted octanol–water partition coefficient (Wildman–Crippen LogP) is 1.05. The zero-order chi connectivity index (χ0) is 8.97. The Kier molecular flexibility index (Phi) is 3.09. The number of nitriles is 1. The van der Waals surface area contributed by atoms with Gasteiger partial charge in [-0.05, 0) is 11.4 Å². The lowest BCUT2D eigenvalue weighted by molar-refractivity contribution is 0.304. The molecule has 0 atom stereocenters. The van der Waals surface area contributed by atoms with Crippen LogP contribution in [0.25, 0.3) is 0 Å². The number of rotatable bonds is 3. The monoisotopic (exact) mass is 182 g/mol. The molecule has 1 aromatic heterocycles. The van der Waals surface area contributed by atoms with Crippen LogP contribution >= 0.6 is 11.3 Å². The van der Waals surface area contributed by atoms with Crippen LogP contribution in [0.1, 0.15) is 5.56 Å². The lowest BCUT2D eigenvalue weighted by Gasteiger charge is -2.15. The lowest BCUT2D eigenvalue weighted by atomic mass is 10.3. The van der Waals surface area contributed by atoms with E-state index in [9.17, 15) is 0 Å². The highest BCUT2D eigenvalue weighted by atomic mass is 32.1. The van der Waals surface area contributed by atoms with Gasteiger partial charge in [0.2, 0.25) is 0 Å². The van der Waals surface area contributed by atoms with Gasteiger partial charge in [0.15, 0.2) is 0 Å². The molecule has 0 saturated heterocycles. The highest BCUT2D eigenvalue weighted by molar-refractivity contribution is 7.14. The van der Waals surface area contributed by atoms with E-state index in [1.807, 2.05) is 17.3 Å². The Bertz CT molecular complexity index is 289. The number of nitrogens with zero attached hydrogens (tertiary/aromatic N) is 2. The Morgan fingerprint density at radius 1 is 1.75 bits per heavy atom. The van der Waals surface area contributed by atoms with Crippen molar-refractivity contribution in [3.8, 4) is 6.07 Å². The largest absolute Gasteiger partial charge is 0.395 e. The molecule has 1 aromatic rings. The SMILES string of the molecule is CN(CCO)c1sccc1C#N. The molecule has 0 aliphatic rings. The van der Waals surface area contributed by atoms with E-state index in [0.717, 1.165) is 5.00 Å². The van der Waals surface area contributed by atoms with Crippen LogP contribution in [0.4, 0.5) is 5.00 Å². The third-order valence-corrected chi connectivity index (χ3v) is 2.57. The van der Waals surface area contributed by atoms with E-state index < -0.39 is 0 Å². The number of hydrogen-bond acceptors (Lipinski definition) is 4. The average molecular weight is 182 g/mol. The summed E-state index contributed by atoms with van der Waals surface area (Å²) in [6, 6.07) is 3.89. The Labute approximate surface area is 75.5 Å². The van der Waals surface area contributed by atoms with Crippen LogP contribution in [0.15, 0.2) is 11.4 Å². The van der Waals surface area contributed by atoms with Crippen LogP contribution in [0.2, 0.25) is 0 Å². The van der Waals surface area contributed by atoms with Crippen molar-refractivity contribution in [3.05, 3.63) is 17.0 Å². The highest BCUT2D eigenvalue weighted by Crippen LogP contribution is 2.25. The van der Waals surface area contributed by atoms with Crippen LogP contribution in [-0.2, 0) is 0 Å². The van der Waals surface area contributed by atoms with Crippen molar-refractivity contribution in [2.75, 3.05) is 25.1 Å². The quantitative estimate of drug-likeness (QED) is 0.760. The molecule has 3 nitrogen and oxygen atoms in total. The molecular formula is C8H10N2OS. The summed E-state index contributed by atoms with van der Waals surface area (Å²) < 4.78 is 0. The van der Waals surface area contributed by atoms with Gasteiger partial charge in [-0.1, -0.05) is 0 Å². The van der Waals surface area contributed by atoms with Gasteiger partial charge < -0.3 is 10.0 Å². The molecule has 0 bridgehead atoms. The smallest absolute Gasteiger partial charge is 0.109 e. The molecule has 0 fully saturated rings. The Hall–Kier alpha value is -1.05. The van der Waals surface area contributed by atoms with Crippen molar-refractivity contribution in [2.24, 2.45) is 0 Å². The molecule has 0 amide bonds. The first-order valence-corrected chi connectivity index (χ1v) is 4.47. The Morgan fingerprint density at radius 3 is 3.08 bits per heavy atom. The fourth-order valence-corrected chi connectivity index (χ4v) is 1.78. The van der Waals surface area contributed by atoms with E-state index in [2.05, 4.69) is 6.07 Å². The minimum absolute atomic E-state index is 0.110. The van der Waals surface area contributed by atoms with Gasteiger partial charge >= 0.3 is 0 Å². The summed E-state index contributed by atoms with van der Waals surface area (Å²) in [5, 5.41) is 20.2. The first-order chi connectivity index (χ1) is 5.79. The maximum Gasteiger partial charge on any atom is 0.109 e. The molecular weight excluding hydrogens is 172 g/mol. The zero-order valence-electron chi connectivity index (χ0n) is 6.82. The molecule has 1 N–H and O–H groups in total. The summed E-state index contributed by atoms with van der Waals surface area (Å²) in [6.45, 7) is 0.675.